The summed E-state index contributed by atoms with van der Waals surface area (Å²) < 4.78 is 5.68. The zero-order valence-corrected chi connectivity index (χ0v) is 10.1. The van der Waals surface area contributed by atoms with Gasteiger partial charge in [0.25, 0.3) is 5.91 Å². The first kappa shape index (κ1) is 11.5. The number of carbonyl (C=O) groups excluding carboxylic acids is 1. The zero-order chi connectivity index (χ0) is 12.5. The highest BCUT2D eigenvalue weighted by Crippen LogP contribution is 2.30. The second-order valence-electron chi connectivity index (χ2n) is 4.85. The third-order valence-electron chi connectivity index (χ3n) is 3.77. The summed E-state index contributed by atoms with van der Waals surface area (Å²) in [6.07, 6.45) is 4.84. The van der Waals surface area contributed by atoms with Crippen LogP contribution in [0.2, 0.25) is 0 Å². The minimum atomic E-state index is -0.239. The lowest BCUT2D eigenvalue weighted by Crippen LogP contribution is -2.51. The van der Waals surface area contributed by atoms with Crippen molar-refractivity contribution in [2.75, 3.05) is 13.2 Å². The second kappa shape index (κ2) is 4.57. The van der Waals surface area contributed by atoms with Gasteiger partial charge in [-0.05, 0) is 25.3 Å². The van der Waals surface area contributed by atoms with E-state index >= 15 is 0 Å². The highest BCUT2D eigenvalue weighted by Gasteiger charge is 2.38. The van der Waals surface area contributed by atoms with E-state index < -0.39 is 0 Å². The number of pyridine rings is 1. The molecule has 5 heteroatoms. The molecule has 2 unspecified atom stereocenters. The van der Waals surface area contributed by atoms with Crippen LogP contribution in [0.4, 0.5) is 0 Å². The molecule has 3 rings (SSSR count). The molecule has 1 aliphatic carbocycles. The molecule has 2 atom stereocenters. The zero-order valence-electron chi connectivity index (χ0n) is 10.1. The van der Waals surface area contributed by atoms with Crippen molar-refractivity contribution in [2.45, 2.75) is 31.4 Å². The molecular formula is C13H16N2O3. The number of H-pyrrole nitrogens is 1. The lowest BCUT2D eigenvalue weighted by atomic mass is 10.1. The molecule has 0 radical (unpaired) electrons. The van der Waals surface area contributed by atoms with Crippen LogP contribution in [0.5, 0.6) is 0 Å². The first-order valence-corrected chi connectivity index (χ1v) is 6.37. The molecule has 0 aromatic carbocycles. The molecule has 5 nitrogen and oxygen atoms in total. The highest BCUT2D eigenvalue weighted by molar-refractivity contribution is 5.94. The number of fused-ring (bicyclic) bond motifs is 1. The molecule has 1 saturated heterocycles. The Hall–Kier alpha value is -1.62. The third-order valence-corrected chi connectivity index (χ3v) is 3.77. The van der Waals surface area contributed by atoms with Crippen molar-refractivity contribution >= 4 is 5.91 Å². The summed E-state index contributed by atoms with van der Waals surface area (Å²) in [5, 5.41) is 0. The van der Waals surface area contributed by atoms with E-state index in [2.05, 4.69) is 4.98 Å². The first-order chi connectivity index (χ1) is 8.75. The molecule has 1 aromatic rings. The summed E-state index contributed by atoms with van der Waals surface area (Å²) in [4.78, 5) is 28.1. The molecule has 1 N–H and O–H groups in total. The van der Waals surface area contributed by atoms with Crippen LogP contribution in [-0.2, 0) is 4.74 Å². The number of ether oxygens (including phenoxy) is 1. The van der Waals surface area contributed by atoms with E-state index in [-0.39, 0.29) is 23.6 Å². The topological polar surface area (TPSA) is 62.4 Å². The second-order valence-corrected chi connectivity index (χ2v) is 4.85. The van der Waals surface area contributed by atoms with Crippen molar-refractivity contribution in [3.63, 3.8) is 0 Å². The number of morpholine rings is 1. The lowest BCUT2D eigenvalue weighted by Gasteiger charge is -2.37. The van der Waals surface area contributed by atoms with Gasteiger partial charge in [0.2, 0.25) is 5.56 Å². The number of hydrogen-bond acceptors (Lipinski definition) is 3. The minimum Gasteiger partial charge on any atom is -0.374 e. The van der Waals surface area contributed by atoms with Crippen molar-refractivity contribution in [2.24, 2.45) is 0 Å². The molecule has 18 heavy (non-hydrogen) atoms. The summed E-state index contributed by atoms with van der Waals surface area (Å²) in [7, 11) is 0. The quantitative estimate of drug-likeness (QED) is 0.798. The Morgan fingerprint density at radius 1 is 1.44 bits per heavy atom. The highest BCUT2D eigenvalue weighted by atomic mass is 16.5. The molecule has 2 fully saturated rings. The van der Waals surface area contributed by atoms with Gasteiger partial charge in [0.15, 0.2) is 0 Å². The van der Waals surface area contributed by atoms with E-state index in [1.807, 2.05) is 4.90 Å². The average molecular weight is 248 g/mol. The predicted molar refractivity (Wildman–Crippen MR) is 65.5 cm³/mol. The summed E-state index contributed by atoms with van der Waals surface area (Å²) in [6.45, 7) is 1.21. The summed E-state index contributed by atoms with van der Waals surface area (Å²) in [5.41, 5.74) is 0.225. The molecule has 1 aromatic heterocycles. The van der Waals surface area contributed by atoms with Gasteiger partial charge in [-0.1, -0.05) is 0 Å². The van der Waals surface area contributed by atoms with Gasteiger partial charge in [0, 0.05) is 24.4 Å². The SMILES string of the molecule is O=C(c1cc[nH]c(=O)c1)N1CCOC2CCCC21. The summed E-state index contributed by atoms with van der Waals surface area (Å²) in [6, 6.07) is 3.20. The van der Waals surface area contributed by atoms with Crippen LogP contribution in [0.1, 0.15) is 29.6 Å². The molecule has 1 saturated carbocycles. The van der Waals surface area contributed by atoms with Gasteiger partial charge >= 0.3 is 0 Å². The molecular weight excluding hydrogens is 232 g/mol. The van der Waals surface area contributed by atoms with Gasteiger partial charge in [0.05, 0.1) is 18.8 Å². The molecule has 1 amide bonds. The molecule has 2 aliphatic rings. The number of nitrogens with zero attached hydrogens (tertiary/aromatic N) is 1. The maximum atomic E-state index is 12.4. The van der Waals surface area contributed by atoms with E-state index in [1.165, 1.54) is 12.3 Å². The number of amides is 1. The molecule has 1 aliphatic heterocycles. The Morgan fingerprint density at radius 2 is 2.33 bits per heavy atom. The van der Waals surface area contributed by atoms with Crippen molar-refractivity contribution in [1.82, 2.24) is 9.88 Å². The van der Waals surface area contributed by atoms with Gasteiger partial charge in [-0.15, -0.1) is 0 Å². The van der Waals surface area contributed by atoms with Crippen LogP contribution < -0.4 is 5.56 Å². The Balaban J connectivity index is 1.85. The molecule has 96 valence electrons. The van der Waals surface area contributed by atoms with Crippen LogP contribution in [0.15, 0.2) is 23.1 Å². The minimum absolute atomic E-state index is 0.0544. The number of aromatic nitrogens is 1. The van der Waals surface area contributed by atoms with Crippen molar-refractivity contribution in [3.8, 4) is 0 Å². The van der Waals surface area contributed by atoms with Crippen molar-refractivity contribution < 1.29 is 9.53 Å². The molecule has 2 heterocycles. The number of rotatable bonds is 1. The maximum Gasteiger partial charge on any atom is 0.254 e. The normalized spacial score (nSPS) is 27.0. The summed E-state index contributed by atoms with van der Waals surface area (Å²) in [5.74, 6) is -0.0544. The Labute approximate surface area is 105 Å². The van der Waals surface area contributed by atoms with E-state index in [9.17, 15) is 9.59 Å². The van der Waals surface area contributed by atoms with Crippen LogP contribution in [-0.4, -0.2) is 41.1 Å². The smallest absolute Gasteiger partial charge is 0.254 e. The van der Waals surface area contributed by atoms with E-state index in [4.69, 9.17) is 4.74 Å². The maximum absolute atomic E-state index is 12.4. The lowest BCUT2D eigenvalue weighted by molar-refractivity contribution is -0.0445. The van der Waals surface area contributed by atoms with E-state index in [1.54, 1.807) is 6.07 Å². The van der Waals surface area contributed by atoms with Crippen LogP contribution in [0.25, 0.3) is 0 Å². The van der Waals surface area contributed by atoms with Crippen molar-refractivity contribution in [1.29, 1.82) is 0 Å². The number of aromatic amines is 1. The van der Waals surface area contributed by atoms with Crippen LogP contribution in [0.3, 0.4) is 0 Å². The predicted octanol–water partition coefficient (Wildman–Crippen LogP) is 0.768. The van der Waals surface area contributed by atoms with Gasteiger partial charge in [-0.3, -0.25) is 9.59 Å². The van der Waals surface area contributed by atoms with Crippen molar-refractivity contribution in [3.05, 3.63) is 34.2 Å². The fourth-order valence-corrected chi connectivity index (χ4v) is 2.92. The summed E-state index contributed by atoms with van der Waals surface area (Å²) >= 11 is 0. The largest absolute Gasteiger partial charge is 0.374 e. The molecule has 0 bridgehead atoms. The van der Waals surface area contributed by atoms with E-state index in [0.717, 1.165) is 19.3 Å². The van der Waals surface area contributed by atoms with Gasteiger partial charge in [-0.25, -0.2) is 0 Å². The molecule has 0 spiro atoms. The number of hydrogen-bond donors (Lipinski definition) is 1. The Kier molecular flexibility index (Phi) is 2.91. The van der Waals surface area contributed by atoms with Crippen LogP contribution in [0, 0.1) is 0 Å². The first-order valence-electron chi connectivity index (χ1n) is 6.37. The average Bonchev–Trinajstić information content (AvgIpc) is 2.86. The monoisotopic (exact) mass is 248 g/mol. The number of carbonyl (C=O) groups is 1. The Bertz CT molecular complexity index is 511. The van der Waals surface area contributed by atoms with Crippen LogP contribution >= 0.6 is 0 Å². The standard InChI is InChI=1S/C13H16N2O3/c16-12-8-9(4-5-14-12)13(17)15-6-7-18-11-3-1-2-10(11)15/h4-5,8,10-11H,1-3,6-7H2,(H,14,16). The third kappa shape index (κ3) is 1.95. The Morgan fingerprint density at radius 3 is 3.17 bits per heavy atom. The van der Waals surface area contributed by atoms with Gasteiger partial charge in [0.1, 0.15) is 0 Å². The fraction of sp³-hybridized carbons (Fsp3) is 0.538. The van der Waals surface area contributed by atoms with E-state index in [0.29, 0.717) is 18.7 Å². The number of nitrogens with one attached hydrogen (secondary N) is 1. The fourth-order valence-electron chi connectivity index (χ4n) is 2.92. The van der Waals surface area contributed by atoms with Gasteiger partial charge < -0.3 is 14.6 Å². The van der Waals surface area contributed by atoms with Gasteiger partial charge in [-0.2, -0.15) is 0 Å².